The van der Waals surface area contributed by atoms with Gasteiger partial charge in [0, 0.05) is 4.47 Å². The van der Waals surface area contributed by atoms with E-state index in [1.807, 2.05) is 140 Å². The number of nitrogens with zero attached hydrogens (tertiary/aromatic N) is 1. The van der Waals surface area contributed by atoms with Gasteiger partial charge in [0.25, 0.3) is 0 Å². The fraction of sp³-hybridized carbons (Fsp3) is 0.103. The highest BCUT2D eigenvalue weighted by atomic mass is 79.9. The largest absolute Gasteiger partial charge is 0.297 e. The first-order valence-corrected chi connectivity index (χ1v) is 15.5. The molecule has 4 nitrogen and oxygen atoms in total. The van der Waals surface area contributed by atoms with Gasteiger partial charge < -0.3 is 0 Å². The minimum absolute atomic E-state index is 0.122. The Morgan fingerprint density at radius 2 is 0.841 bits per heavy atom. The maximum atomic E-state index is 15.8. The lowest BCUT2D eigenvalue weighted by molar-refractivity contribution is -0.130. The fourth-order valence-corrected chi connectivity index (χ4v) is 8.67. The maximum absolute atomic E-state index is 15.8. The third-order valence-corrected chi connectivity index (χ3v) is 10.3. The van der Waals surface area contributed by atoms with E-state index in [0.717, 1.165) is 33.4 Å². The average molecular weight is 637 g/mol. The summed E-state index contributed by atoms with van der Waals surface area (Å²) < 4.78 is 0.641. The molecule has 1 aliphatic heterocycles. The number of para-hydroxylation sites is 1. The van der Waals surface area contributed by atoms with Crippen LogP contribution in [0.25, 0.3) is 11.1 Å². The van der Waals surface area contributed by atoms with Gasteiger partial charge in [-0.1, -0.05) is 133 Å². The second-order valence-corrected chi connectivity index (χ2v) is 12.4. The number of allylic oxidation sites excluding steroid dienone is 2. The number of Topliss-reactive ketones (excluding diaryl/α,β-unsaturated/α-hetero) is 1. The summed E-state index contributed by atoms with van der Waals surface area (Å²) >= 11 is 3.59. The van der Waals surface area contributed by atoms with Crippen LogP contribution in [0.3, 0.4) is 0 Å². The Balaban J connectivity index is 1.57. The van der Waals surface area contributed by atoms with Gasteiger partial charge in [-0.3, -0.25) is 14.4 Å². The molecule has 8 rings (SSSR count). The Labute approximate surface area is 263 Å². The Bertz CT molecular complexity index is 1870. The second-order valence-electron chi connectivity index (χ2n) is 11.6. The molecule has 1 saturated heterocycles. The highest BCUT2D eigenvalue weighted by Crippen LogP contribution is 2.74. The van der Waals surface area contributed by atoms with Crippen molar-refractivity contribution in [2.45, 2.75) is 10.8 Å². The van der Waals surface area contributed by atoms with Crippen molar-refractivity contribution in [1.29, 1.82) is 0 Å². The summed E-state index contributed by atoms with van der Waals surface area (Å²) in [5.74, 6) is -2.73. The van der Waals surface area contributed by atoms with E-state index in [-0.39, 0.29) is 17.6 Å². The number of halogens is 1. The predicted molar refractivity (Wildman–Crippen MR) is 175 cm³/mol. The van der Waals surface area contributed by atoms with Gasteiger partial charge in [-0.2, -0.15) is 0 Å². The summed E-state index contributed by atoms with van der Waals surface area (Å²) in [4.78, 5) is 47.1. The lowest BCUT2D eigenvalue weighted by Gasteiger charge is -2.39. The molecule has 4 atom stereocenters. The van der Waals surface area contributed by atoms with E-state index < -0.39 is 22.7 Å². The summed E-state index contributed by atoms with van der Waals surface area (Å²) in [5.41, 5.74) is 2.42. The first-order chi connectivity index (χ1) is 21.5. The van der Waals surface area contributed by atoms with Crippen LogP contribution in [-0.2, 0) is 25.2 Å². The number of benzene rings is 5. The third-order valence-electron chi connectivity index (χ3n) is 9.67. The van der Waals surface area contributed by atoms with E-state index in [1.54, 1.807) is 6.07 Å². The molecule has 5 heteroatoms. The molecule has 2 amide bonds. The number of fused-ring (bicyclic) bond motifs is 5. The Morgan fingerprint density at radius 1 is 0.477 bits per heavy atom. The van der Waals surface area contributed by atoms with Crippen molar-refractivity contribution < 1.29 is 14.4 Å². The van der Waals surface area contributed by atoms with Crippen LogP contribution in [0.4, 0.5) is 5.69 Å². The molecule has 5 aromatic carbocycles. The second kappa shape index (κ2) is 9.83. The zero-order chi connectivity index (χ0) is 30.1. The van der Waals surface area contributed by atoms with Gasteiger partial charge in [-0.25, -0.2) is 4.90 Å². The van der Waals surface area contributed by atoms with E-state index in [4.69, 9.17) is 0 Å². The van der Waals surface area contributed by atoms with Crippen molar-refractivity contribution in [3.8, 4) is 0 Å². The van der Waals surface area contributed by atoms with Crippen LogP contribution in [0, 0.1) is 11.8 Å². The molecule has 44 heavy (non-hydrogen) atoms. The van der Waals surface area contributed by atoms with Crippen molar-refractivity contribution in [2.75, 3.05) is 4.90 Å². The van der Waals surface area contributed by atoms with Crippen molar-refractivity contribution >= 4 is 50.4 Å². The number of carbonyl (C=O) groups excluding carboxylic acids is 3. The van der Waals surface area contributed by atoms with E-state index in [2.05, 4.69) is 15.9 Å². The van der Waals surface area contributed by atoms with Crippen molar-refractivity contribution in [1.82, 2.24) is 0 Å². The van der Waals surface area contributed by atoms with Gasteiger partial charge in [-0.15, -0.1) is 0 Å². The van der Waals surface area contributed by atoms with Crippen LogP contribution in [0.1, 0.15) is 22.3 Å². The Hall–Kier alpha value is -4.87. The Kier molecular flexibility index (Phi) is 5.97. The molecular weight excluding hydrogens is 610 g/mol. The van der Waals surface area contributed by atoms with Gasteiger partial charge in [0.1, 0.15) is 0 Å². The SMILES string of the molecule is O=C1[C@@H]2[C@@H](C(=O)N1c1ccccc1Br)[C@@]1(c3ccccc3)C(=O)[C@@]2(c2ccccc2)C(c2ccccc2)=C1c1ccccc1. The number of rotatable bonds is 5. The van der Waals surface area contributed by atoms with Crippen LogP contribution in [0.15, 0.2) is 150 Å². The number of hydrogen-bond donors (Lipinski definition) is 0. The summed E-state index contributed by atoms with van der Waals surface area (Å²) in [6, 6.07) is 46.3. The molecule has 0 radical (unpaired) electrons. The van der Waals surface area contributed by atoms with Crippen LogP contribution in [0.2, 0.25) is 0 Å². The predicted octanol–water partition coefficient (Wildman–Crippen LogP) is 7.64. The standard InChI is InChI=1S/C39H26BrNO3/c40-29-23-13-14-24-30(29)41-35(42)33-34(36(41)43)39(28-21-11-4-12-22-28)32(26-17-7-2-8-18-26)31(25-15-5-1-6-16-25)38(33,37(39)44)27-19-9-3-10-20-27/h1-24,33-34H/t33-,34-,38-,39-/m0/s1. The molecule has 0 N–H and O–H groups in total. The number of anilines is 1. The van der Waals surface area contributed by atoms with Gasteiger partial charge >= 0.3 is 0 Å². The highest BCUT2D eigenvalue weighted by molar-refractivity contribution is 9.10. The van der Waals surface area contributed by atoms with Crippen molar-refractivity contribution in [3.63, 3.8) is 0 Å². The fourth-order valence-electron chi connectivity index (χ4n) is 8.20. The number of carbonyl (C=O) groups is 3. The lowest BCUT2D eigenvalue weighted by Crippen LogP contribution is -2.45. The van der Waals surface area contributed by atoms with Crippen molar-refractivity contribution in [2.24, 2.45) is 11.8 Å². The zero-order valence-electron chi connectivity index (χ0n) is 23.6. The molecule has 0 unspecified atom stereocenters. The zero-order valence-corrected chi connectivity index (χ0v) is 25.1. The maximum Gasteiger partial charge on any atom is 0.239 e. The smallest absolute Gasteiger partial charge is 0.239 e. The number of ketones is 1. The number of hydrogen-bond acceptors (Lipinski definition) is 3. The Morgan fingerprint density at radius 3 is 1.25 bits per heavy atom. The molecule has 1 heterocycles. The number of amides is 2. The first kappa shape index (κ1) is 26.7. The molecule has 2 fully saturated rings. The lowest BCUT2D eigenvalue weighted by atomic mass is 9.59. The average Bonchev–Trinajstić information content (AvgIpc) is 3.59. The third kappa shape index (κ3) is 3.25. The van der Waals surface area contributed by atoms with Crippen molar-refractivity contribution in [3.05, 3.63) is 172 Å². The molecule has 5 aromatic rings. The van der Waals surface area contributed by atoms with Crippen LogP contribution < -0.4 is 4.90 Å². The molecular formula is C39H26BrNO3. The van der Waals surface area contributed by atoms with Crippen LogP contribution >= 0.6 is 15.9 Å². The molecule has 3 aliphatic rings. The molecule has 2 bridgehead atoms. The molecule has 1 saturated carbocycles. The quantitative estimate of drug-likeness (QED) is 0.187. The topological polar surface area (TPSA) is 54.5 Å². The summed E-state index contributed by atoms with van der Waals surface area (Å²) in [6.45, 7) is 0. The van der Waals surface area contributed by atoms with Gasteiger partial charge in [0.05, 0.1) is 28.4 Å². The minimum atomic E-state index is -1.41. The van der Waals surface area contributed by atoms with Gasteiger partial charge in [-0.05, 0) is 61.5 Å². The highest BCUT2D eigenvalue weighted by Gasteiger charge is 2.82. The summed E-state index contributed by atoms with van der Waals surface area (Å²) in [5, 5.41) is 0. The normalized spacial score (nSPS) is 25.6. The number of imide groups is 1. The molecule has 2 aliphatic carbocycles. The molecule has 212 valence electrons. The van der Waals surface area contributed by atoms with Gasteiger partial charge in [0.15, 0.2) is 5.78 Å². The summed E-state index contributed by atoms with van der Waals surface area (Å²) in [7, 11) is 0. The van der Waals surface area contributed by atoms with Gasteiger partial charge in [0.2, 0.25) is 11.8 Å². The molecule has 0 aromatic heterocycles. The van der Waals surface area contributed by atoms with E-state index in [9.17, 15) is 9.59 Å². The monoisotopic (exact) mass is 635 g/mol. The van der Waals surface area contributed by atoms with Crippen LogP contribution in [0.5, 0.6) is 0 Å². The summed E-state index contributed by atoms with van der Waals surface area (Å²) in [6.07, 6.45) is 0. The molecule has 0 spiro atoms. The van der Waals surface area contributed by atoms with E-state index >= 15 is 4.79 Å². The van der Waals surface area contributed by atoms with Crippen LogP contribution in [-0.4, -0.2) is 17.6 Å². The van der Waals surface area contributed by atoms with E-state index in [0.29, 0.717) is 10.2 Å². The van der Waals surface area contributed by atoms with E-state index in [1.165, 1.54) is 4.90 Å². The minimum Gasteiger partial charge on any atom is -0.297 e. The first-order valence-electron chi connectivity index (χ1n) is 14.7.